The largest absolute Gasteiger partial charge is 0.282 e. The minimum Gasteiger partial charge on any atom is -0.282 e. The first-order chi connectivity index (χ1) is 25.1. The Labute approximate surface area is 305 Å². The van der Waals surface area contributed by atoms with Gasteiger partial charge in [0, 0.05) is 23.6 Å². The molecule has 0 saturated heterocycles. The lowest BCUT2D eigenvalue weighted by atomic mass is 9.94. The van der Waals surface area contributed by atoms with Crippen molar-refractivity contribution in [3.05, 3.63) is 191 Å². The monoisotopic (exact) mass is 726 g/mol. The lowest BCUT2D eigenvalue weighted by molar-refractivity contribution is 0.583. The Morgan fingerprint density at radius 1 is 0.442 bits per heavy atom. The van der Waals surface area contributed by atoms with Gasteiger partial charge in [-0.2, -0.15) is 0 Å². The third-order valence-corrected chi connectivity index (χ3v) is 11.2. The normalized spacial score (nSPS) is 13.2. The van der Waals surface area contributed by atoms with Gasteiger partial charge in [0.25, 0.3) is 20.0 Å². The second-order valence-electron chi connectivity index (χ2n) is 12.3. The van der Waals surface area contributed by atoms with Gasteiger partial charge >= 0.3 is 0 Å². The Morgan fingerprint density at radius 2 is 0.769 bits per heavy atom. The van der Waals surface area contributed by atoms with Gasteiger partial charge < -0.3 is 0 Å². The van der Waals surface area contributed by atoms with Crippen LogP contribution < -0.4 is 9.44 Å². The minimum absolute atomic E-state index is 0.159. The summed E-state index contributed by atoms with van der Waals surface area (Å²) in [6.45, 7) is 3.80. The van der Waals surface area contributed by atoms with Crippen molar-refractivity contribution < 1.29 is 16.8 Å². The third kappa shape index (κ3) is 8.90. The molecule has 0 aliphatic carbocycles. The molecule has 0 saturated carbocycles. The predicted octanol–water partition coefficient (Wildman–Crippen LogP) is 8.93. The van der Waals surface area contributed by atoms with Gasteiger partial charge in [0.1, 0.15) is 12.1 Å². The van der Waals surface area contributed by atoms with E-state index in [1.807, 2.05) is 86.6 Å². The quantitative estimate of drug-likeness (QED) is 0.116. The molecular formula is C42H38N4O4S2. The molecule has 0 fully saturated rings. The van der Waals surface area contributed by atoms with Crippen LogP contribution in [-0.4, -0.2) is 29.3 Å². The minimum atomic E-state index is -3.86. The fourth-order valence-electron chi connectivity index (χ4n) is 5.57. The van der Waals surface area contributed by atoms with E-state index in [9.17, 15) is 16.8 Å². The lowest BCUT2D eigenvalue weighted by Gasteiger charge is -2.22. The summed E-state index contributed by atoms with van der Waals surface area (Å²) in [5.41, 5.74) is 5.60. The highest BCUT2D eigenvalue weighted by Crippen LogP contribution is 2.36. The Balaban J connectivity index is 1.37. The van der Waals surface area contributed by atoms with E-state index in [1.165, 1.54) is 0 Å². The molecule has 0 radical (unpaired) electrons. The zero-order valence-corrected chi connectivity index (χ0v) is 30.3. The molecular weight excluding hydrogens is 689 g/mol. The van der Waals surface area contributed by atoms with Crippen molar-refractivity contribution in [1.82, 2.24) is 0 Å². The maximum atomic E-state index is 13.3. The summed E-state index contributed by atoms with van der Waals surface area (Å²) < 4.78 is 58.8. The number of hydrogen-bond donors (Lipinski definition) is 2. The molecule has 262 valence electrons. The van der Waals surface area contributed by atoms with Crippen molar-refractivity contribution in [3.63, 3.8) is 0 Å². The number of anilines is 2. The molecule has 6 aromatic carbocycles. The zero-order chi connectivity index (χ0) is 36.6. The smallest absolute Gasteiger partial charge is 0.261 e. The van der Waals surface area contributed by atoms with Gasteiger partial charge in [0.15, 0.2) is 0 Å². The molecule has 0 spiro atoms. The van der Waals surface area contributed by atoms with Crippen LogP contribution in [0.3, 0.4) is 0 Å². The number of para-hydroxylation sites is 2. The summed E-state index contributed by atoms with van der Waals surface area (Å²) in [6, 6.07) is 45.9. The van der Waals surface area contributed by atoms with Gasteiger partial charge in [0.2, 0.25) is 0 Å². The molecule has 10 heteroatoms. The van der Waals surface area contributed by atoms with Crippen molar-refractivity contribution >= 4 is 43.9 Å². The highest BCUT2D eigenvalue weighted by Gasteiger charge is 2.24. The van der Waals surface area contributed by atoms with E-state index in [0.717, 1.165) is 22.3 Å². The summed E-state index contributed by atoms with van der Waals surface area (Å²) in [5.74, 6) is 0. The summed E-state index contributed by atoms with van der Waals surface area (Å²) in [6.07, 6.45) is 3.33. The predicted molar refractivity (Wildman–Crippen MR) is 210 cm³/mol. The molecule has 8 nitrogen and oxygen atoms in total. The number of aliphatic imine (C=N–C) groups is 2. The Bertz CT molecular complexity index is 2230. The van der Waals surface area contributed by atoms with E-state index in [4.69, 9.17) is 9.98 Å². The molecule has 6 rings (SSSR count). The van der Waals surface area contributed by atoms with Crippen molar-refractivity contribution in [2.75, 3.05) is 9.44 Å². The highest BCUT2D eigenvalue weighted by molar-refractivity contribution is 7.93. The average molecular weight is 727 g/mol. The van der Waals surface area contributed by atoms with Gasteiger partial charge in [-0.3, -0.25) is 19.4 Å². The van der Waals surface area contributed by atoms with E-state index >= 15 is 0 Å². The van der Waals surface area contributed by atoms with Gasteiger partial charge in [-0.05, 0) is 61.4 Å². The second kappa shape index (κ2) is 16.0. The molecule has 2 N–H and O–H groups in total. The second-order valence-corrected chi connectivity index (χ2v) is 15.6. The van der Waals surface area contributed by atoms with Crippen LogP contribution in [0.25, 0.3) is 0 Å². The SMILES string of the molecule is Cc1ccc(S(=O)(=O)Nc2ccccc2C=N[C@H](c2ccccc2)[C@H](N=Cc2ccccc2NS(=O)(=O)c2ccc(C)cc2)c2ccccc2)cc1. The first-order valence-corrected chi connectivity index (χ1v) is 19.6. The van der Waals surface area contributed by atoms with Crippen LogP contribution in [0.1, 0.15) is 45.5 Å². The van der Waals surface area contributed by atoms with Crippen LogP contribution >= 0.6 is 0 Å². The number of aryl methyl sites for hydroxylation is 2. The topological polar surface area (TPSA) is 117 Å². The van der Waals surface area contributed by atoms with Crippen LogP contribution in [0.2, 0.25) is 0 Å². The summed E-state index contributed by atoms with van der Waals surface area (Å²) in [5, 5.41) is 0. The van der Waals surface area contributed by atoms with E-state index in [1.54, 1.807) is 97.4 Å². The Hall–Kier alpha value is -5.84. The Morgan fingerprint density at radius 3 is 1.13 bits per heavy atom. The molecule has 6 aromatic rings. The van der Waals surface area contributed by atoms with Crippen molar-refractivity contribution in [2.45, 2.75) is 35.7 Å². The summed E-state index contributed by atoms with van der Waals surface area (Å²) >= 11 is 0. The molecule has 0 amide bonds. The first kappa shape index (κ1) is 36.0. The number of benzene rings is 6. The van der Waals surface area contributed by atoms with Crippen molar-refractivity contribution in [3.8, 4) is 0 Å². The molecule has 0 unspecified atom stereocenters. The summed E-state index contributed by atoms with van der Waals surface area (Å²) in [4.78, 5) is 10.5. The number of hydrogen-bond acceptors (Lipinski definition) is 6. The first-order valence-electron chi connectivity index (χ1n) is 16.6. The average Bonchev–Trinajstić information content (AvgIpc) is 3.15. The maximum Gasteiger partial charge on any atom is 0.261 e. The number of rotatable bonds is 13. The van der Waals surface area contributed by atoms with Gasteiger partial charge in [-0.1, -0.05) is 132 Å². The van der Waals surface area contributed by atoms with Crippen molar-refractivity contribution in [1.29, 1.82) is 0 Å². The molecule has 0 aliphatic rings. The van der Waals surface area contributed by atoms with E-state index in [2.05, 4.69) is 9.44 Å². The van der Waals surface area contributed by atoms with Crippen LogP contribution in [-0.2, 0) is 20.0 Å². The van der Waals surface area contributed by atoms with Crippen LogP contribution in [0.5, 0.6) is 0 Å². The van der Waals surface area contributed by atoms with Crippen LogP contribution in [0.4, 0.5) is 11.4 Å². The number of sulfonamides is 2. The highest BCUT2D eigenvalue weighted by atomic mass is 32.2. The Kier molecular flexibility index (Phi) is 11.1. The number of nitrogens with zero attached hydrogens (tertiary/aromatic N) is 2. The molecule has 0 bridgehead atoms. The standard InChI is InChI=1S/C42H38N4O4S2/c1-31-21-25-37(26-22-31)51(47,48)45-39-19-11-9-17-35(39)29-43-41(33-13-5-3-6-14-33)42(34-15-7-4-8-16-34)44-30-36-18-10-12-20-40(36)46-52(49,50)38-27-23-32(2)24-28-38/h3-30,41-42,45-46H,1-2H3/t41-,42-/m1/s1. The van der Waals surface area contributed by atoms with Gasteiger partial charge in [-0.25, -0.2) is 16.8 Å². The molecule has 2 atom stereocenters. The molecule has 0 aromatic heterocycles. The number of nitrogens with one attached hydrogen (secondary N) is 2. The van der Waals surface area contributed by atoms with Gasteiger partial charge in [0.05, 0.1) is 21.2 Å². The fraction of sp³-hybridized carbons (Fsp3) is 0.0952. The van der Waals surface area contributed by atoms with Crippen molar-refractivity contribution in [2.24, 2.45) is 9.98 Å². The van der Waals surface area contributed by atoms with Crippen LogP contribution in [0.15, 0.2) is 178 Å². The van der Waals surface area contributed by atoms with E-state index in [0.29, 0.717) is 22.5 Å². The van der Waals surface area contributed by atoms with E-state index in [-0.39, 0.29) is 9.79 Å². The third-order valence-electron chi connectivity index (χ3n) is 8.40. The molecule has 0 aliphatic heterocycles. The molecule has 0 heterocycles. The van der Waals surface area contributed by atoms with Gasteiger partial charge in [-0.15, -0.1) is 0 Å². The lowest BCUT2D eigenvalue weighted by Crippen LogP contribution is -2.15. The van der Waals surface area contributed by atoms with Crippen LogP contribution in [0, 0.1) is 13.8 Å². The zero-order valence-electron chi connectivity index (χ0n) is 28.7. The van der Waals surface area contributed by atoms with E-state index < -0.39 is 32.1 Å². The fourth-order valence-corrected chi connectivity index (χ4v) is 7.74. The molecule has 52 heavy (non-hydrogen) atoms. The summed E-state index contributed by atoms with van der Waals surface area (Å²) in [7, 11) is -7.73. The maximum absolute atomic E-state index is 13.3.